The van der Waals surface area contributed by atoms with Crippen molar-refractivity contribution in [3.63, 3.8) is 0 Å². The van der Waals surface area contributed by atoms with Crippen molar-refractivity contribution >= 4 is 61.3 Å². The molecule has 1 saturated carbocycles. The molecule has 3 rings (SSSR count). The van der Waals surface area contributed by atoms with E-state index in [0.717, 1.165) is 0 Å². The minimum absolute atomic E-state index is 0.0670. The molecule has 1 aromatic heterocycles. The number of nitrogens with one attached hydrogen (secondary N) is 2. The Morgan fingerprint density at radius 2 is 1.92 bits per heavy atom. The van der Waals surface area contributed by atoms with Gasteiger partial charge in [0.25, 0.3) is 10.0 Å². The third kappa shape index (κ3) is 3.23. The number of hydrogen-bond donors (Lipinski definition) is 2. The van der Waals surface area contributed by atoms with Gasteiger partial charge in [-0.3, -0.25) is 9.52 Å². The van der Waals surface area contributed by atoms with Crippen LogP contribution in [0.1, 0.15) is 13.3 Å². The van der Waals surface area contributed by atoms with Crippen molar-refractivity contribution in [1.29, 1.82) is 0 Å². The number of amides is 1. The lowest BCUT2D eigenvalue weighted by Gasteiger charge is -2.13. The zero-order valence-electron chi connectivity index (χ0n) is 12.4. The van der Waals surface area contributed by atoms with Crippen LogP contribution in [-0.2, 0) is 14.8 Å². The zero-order valence-corrected chi connectivity index (χ0v) is 15.6. The average molecular weight is 406 g/mol. The maximum atomic E-state index is 12.2. The highest BCUT2D eigenvalue weighted by Gasteiger charge is 2.67. The van der Waals surface area contributed by atoms with Gasteiger partial charge in [-0.1, -0.05) is 0 Å². The number of anilines is 2. The Morgan fingerprint density at radius 1 is 1.29 bits per heavy atom. The van der Waals surface area contributed by atoms with Crippen molar-refractivity contribution in [2.45, 2.75) is 22.6 Å². The van der Waals surface area contributed by atoms with Crippen molar-refractivity contribution in [3.8, 4) is 0 Å². The topological polar surface area (TPSA) is 88.2 Å². The third-order valence-corrected chi connectivity index (χ3v) is 7.11. The Bertz CT molecular complexity index is 867. The van der Waals surface area contributed by atoms with Gasteiger partial charge < -0.3 is 5.32 Å². The molecule has 1 atom stereocenters. The molecule has 128 valence electrons. The van der Waals surface area contributed by atoms with Gasteiger partial charge >= 0.3 is 0 Å². The fourth-order valence-corrected chi connectivity index (χ4v) is 4.58. The van der Waals surface area contributed by atoms with Crippen molar-refractivity contribution in [1.82, 2.24) is 4.98 Å². The normalized spacial score (nSPS) is 22.0. The van der Waals surface area contributed by atoms with Crippen LogP contribution in [-0.4, -0.2) is 23.6 Å². The molecule has 0 spiro atoms. The van der Waals surface area contributed by atoms with E-state index >= 15 is 0 Å². The van der Waals surface area contributed by atoms with E-state index in [1.807, 2.05) is 0 Å². The maximum Gasteiger partial charge on any atom is 0.263 e. The first kappa shape index (κ1) is 17.5. The van der Waals surface area contributed by atoms with E-state index in [4.69, 9.17) is 23.2 Å². The number of benzene rings is 1. The molecule has 1 aliphatic carbocycles. The van der Waals surface area contributed by atoms with Gasteiger partial charge in [0.15, 0.2) is 5.13 Å². The average Bonchev–Trinajstić information content (AvgIpc) is 2.86. The second-order valence-corrected chi connectivity index (χ2v) is 9.70. The molecule has 1 fully saturated rings. The molecule has 0 radical (unpaired) electrons. The lowest BCUT2D eigenvalue weighted by Crippen LogP contribution is -2.25. The van der Waals surface area contributed by atoms with E-state index in [9.17, 15) is 13.2 Å². The molecule has 6 nitrogen and oxygen atoms in total. The lowest BCUT2D eigenvalue weighted by molar-refractivity contribution is -0.120. The van der Waals surface area contributed by atoms with Crippen LogP contribution in [0.3, 0.4) is 0 Å². The summed E-state index contributed by atoms with van der Waals surface area (Å²) in [5.74, 6) is -0.302. The highest BCUT2D eigenvalue weighted by molar-refractivity contribution is 7.93. The first-order chi connectivity index (χ1) is 11.1. The van der Waals surface area contributed by atoms with Gasteiger partial charge in [-0.15, -0.1) is 34.5 Å². The molecular formula is C14H13Cl2N3O3S2. The largest absolute Gasteiger partial charge is 0.326 e. The van der Waals surface area contributed by atoms with Gasteiger partial charge in [-0.2, -0.15) is 0 Å². The molecular weight excluding hydrogens is 393 g/mol. The van der Waals surface area contributed by atoms with Gasteiger partial charge in [0, 0.05) is 17.3 Å². The van der Waals surface area contributed by atoms with E-state index in [0.29, 0.717) is 12.1 Å². The quantitative estimate of drug-likeness (QED) is 0.745. The summed E-state index contributed by atoms with van der Waals surface area (Å²) in [6.45, 7) is 1.68. The Hall–Kier alpha value is -1.35. The van der Waals surface area contributed by atoms with Crippen LogP contribution < -0.4 is 10.0 Å². The van der Waals surface area contributed by atoms with Crippen molar-refractivity contribution in [2.75, 3.05) is 10.0 Å². The number of halogens is 2. The van der Waals surface area contributed by atoms with E-state index in [1.54, 1.807) is 12.3 Å². The Labute approximate surface area is 153 Å². The number of nitrogens with zero attached hydrogens (tertiary/aromatic N) is 1. The van der Waals surface area contributed by atoms with E-state index in [1.165, 1.54) is 41.8 Å². The smallest absolute Gasteiger partial charge is 0.263 e. The minimum Gasteiger partial charge on any atom is -0.326 e. The summed E-state index contributed by atoms with van der Waals surface area (Å²) >= 11 is 13.1. The first-order valence-electron chi connectivity index (χ1n) is 6.86. The number of thiazole rings is 1. The molecule has 10 heteroatoms. The summed E-state index contributed by atoms with van der Waals surface area (Å²) < 4.78 is 25.8. The van der Waals surface area contributed by atoms with Crippen LogP contribution in [0.25, 0.3) is 0 Å². The van der Waals surface area contributed by atoms with Crippen molar-refractivity contribution < 1.29 is 13.2 Å². The Balaban J connectivity index is 1.71. The lowest BCUT2D eigenvalue weighted by atomic mass is 10.1. The number of aromatic nitrogens is 1. The fourth-order valence-electron chi connectivity index (χ4n) is 2.08. The van der Waals surface area contributed by atoms with E-state index in [2.05, 4.69) is 15.0 Å². The highest BCUT2D eigenvalue weighted by Crippen LogP contribution is 2.64. The van der Waals surface area contributed by atoms with Gasteiger partial charge in [-0.25, -0.2) is 13.4 Å². The maximum absolute atomic E-state index is 12.2. The summed E-state index contributed by atoms with van der Waals surface area (Å²) in [5, 5.41) is 4.65. The zero-order chi connectivity index (χ0) is 17.6. The molecule has 24 heavy (non-hydrogen) atoms. The van der Waals surface area contributed by atoms with Crippen LogP contribution in [0.4, 0.5) is 10.8 Å². The number of carbonyl (C=O) groups is 1. The minimum atomic E-state index is -3.72. The van der Waals surface area contributed by atoms with Gasteiger partial charge in [0.1, 0.15) is 4.33 Å². The number of rotatable bonds is 5. The Morgan fingerprint density at radius 3 is 2.42 bits per heavy atom. The van der Waals surface area contributed by atoms with Gasteiger partial charge in [-0.05, 0) is 37.6 Å². The van der Waals surface area contributed by atoms with Gasteiger partial charge in [0.05, 0.1) is 10.3 Å². The predicted octanol–water partition coefficient (Wildman–Crippen LogP) is 3.47. The molecule has 1 aromatic carbocycles. The third-order valence-electron chi connectivity index (χ3n) is 3.84. The molecule has 0 unspecified atom stereocenters. The second-order valence-electron chi connectivity index (χ2n) is 5.63. The molecule has 0 bridgehead atoms. The van der Waals surface area contributed by atoms with E-state index < -0.39 is 19.8 Å². The number of sulfonamides is 1. The van der Waals surface area contributed by atoms with Crippen LogP contribution >= 0.6 is 34.5 Å². The summed E-state index contributed by atoms with van der Waals surface area (Å²) in [7, 11) is -3.72. The summed E-state index contributed by atoms with van der Waals surface area (Å²) in [4.78, 5) is 16.1. The van der Waals surface area contributed by atoms with Crippen LogP contribution in [0.2, 0.25) is 0 Å². The molecule has 0 aliphatic heterocycles. The molecule has 0 saturated heterocycles. The number of carbonyl (C=O) groups excluding carboxylic acids is 1. The van der Waals surface area contributed by atoms with Crippen LogP contribution in [0.15, 0.2) is 40.7 Å². The Kier molecular flexibility index (Phi) is 4.28. The monoisotopic (exact) mass is 405 g/mol. The van der Waals surface area contributed by atoms with Crippen molar-refractivity contribution in [3.05, 3.63) is 35.8 Å². The molecule has 2 N–H and O–H groups in total. The summed E-state index contributed by atoms with van der Waals surface area (Å²) in [6, 6.07) is 5.80. The summed E-state index contributed by atoms with van der Waals surface area (Å²) in [5.41, 5.74) is -0.377. The molecule has 1 heterocycles. The van der Waals surface area contributed by atoms with Gasteiger partial charge in [0.2, 0.25) is 5.91 Å². The standard InChI is InChI=1S/C14H13Cl2N3O3S2/c1-13(8-14(13,15)16)11(20)18-9-2-4-10(5-3-9)24(21,22)19-12-17-6-7-23-12/h2-7H,8H2,1H3,(H,17,19)(H,18,20)/t13-/m1/s1. The van der Waals surface area contributed by atoms with Crippen LogP contribution in [0, 0.1) is 5.41 Å². The molecule has 1 amide bonds. The van der Waals surface area contributed by atoms with Crippen LogP contribution in [0.5, 0.6) is 0 Å². The molecule has 2 aromatic rings. The van der Waals surface area contributed by atoms with E-state index in [-0.39, 0.29) is 15.9 Å². The number of hydrogen-bond acceptors (Lipinski definition) is 5. The summed E-state index contributed by atoms with van der Waals surface area (Å²) in [6.07, 6.45) is 1.88. The molecule has 1 aliphatic rings. The SMILES string of the molecule is C[C@]1(C(=O)Nc2ccc(S(=O)(=O)Nc3nccs3)cc2)CC1(Cl)Cl. The van der Waals surface area contributed by atoms with Crippen molar-refractivity contribution in [2.24, 2.45) is 5.41 Å². The number of alkyl halides is 2. The first-order valence-corrected chi connectivity index (χ1v) is 9.98. The second kappa shape index (κ2) is 5.87. The predicted molar refractivity (Wildman–Crippen MR) is 95.2 cm³/mol. The fraction of sp³-hybridized carbons (Fsp3) is 0.286. The highest BCUT2D eigenvalue weighted by atomic mass is 35.5.